The lowest BCUT2D eigenvalue weighted by atomic mass is 9.75. The molecule has 2 saturated heterocycles. The van der Waals surface area contributed by atoms with Crippen molar-refractivity contribution in [3.05, 3.63) is 24.5 Å². The lowest BCUT2D eigenvalue weighted by Gasteiger charge is -2.40. The van der Waals surface area contributed by atoms with Crippen LogP contribution in [0.5, 0.6) is 0 Å². The van der Waals surface area contributed by atoms with E-state index >= 15 is 0 Å². The summed E-state index contributed by atoms with van der Waals surface area (Å²) >= 11 is 0. The maximum absolute atomic E-state index is 6.52. The fourth-order valence-corrected chi connectivity index (χ4v) is 5.96. The van der Waals surface area contributed by atoms with Gasteiger partial charge in [0, 0.05) is 26.2 Å². The van der Waals surface area contributed by atoms with Gasteiger partial charge in [-0.05, 0) is 93.5 Å². The van der Waals surface area contributed by atoms with Crippen LogP contribution in [-0.4, -0.2) is 46.2 Å². The summed E-state index contributed by atoms with van der Waals surface area (Å²) in [5, 5.41) is 6.05. The van der Waals surface area contributed by atoms with Crippen LogP contribution < -0.4 is 5.32 Å². The zero-order valence-corrected chi connectivity index (χ0v) is 22.6. The number of allylic oxidation sites excluding steroid dienone is 2. The van der Waals surface area contributed by atoms with Crippen LogP contribution in [0.15, 0.2) is 24.5 Å². The van der Waals surface area contributed by atoms with E-state index < -0.39 is 8.32 Å². The Bertz CT molecular complexity index is 605. The molecule has 2 rings (SSSR count). The van der Waals surface area contributed by atoms with Crippen molar-refractivity contribution >= 4 is 8.32 Å². The average Bonchev–Trinajstić information content (AvgIpc) is 2.64. The normalized spacial score (nSPS) is 28.7. The fraction of sp³-hybridized carbons (Fsp3) is 0.846. The Morgan fingerprint density at radius 2 is 1.97 bits per heavy atom. The number of piperidine rings is 2. The lowest BCUT2D eigenvalue weighted by molar-refractivity contribution is -0.145. The molecule has 180 valence electrons. The summed E-state index contributed by atoms with van der Waals surface area (Å²) in [5.41, 5.74) is 1.84. The Hall–Kier alpha value is -0.623. The maximum atomic E-state index is 6.52. The highest BCUT2D eigenvalue weighted by Gasteiger charge is 2.38. The highest BCUT2D eigenvalue weighted by Crippen LogP contribution is 2.39. The molecule has 0 unspecified atom stereocenters. The Kier molecular flexibility index (Phi) is 9.45. The van der Waals surface area contributed by atoms with E-state index in [2.05, 4.69) is 70.7 Å². The molecular formula is C26H50N2O2Si. The van der Waals surface area contributed by atoms with Crippen molar-refractivity contribution in [1.82, 2.24) is 10.4 Å². The molecule has 2 atom stereocenters. The van der Waals surface area contributed by atoms with Crippen LogP contribution in [0, 0.1) is 10.8 Å². The molecule has 0 saturated carbocycles. The van der Waals surface area contributed by atoms with Gasteiger partial charge < -0.3 is 14.6 Å². The molecule has 2 aliphatic heterocycles. The number of hydroxylamine groups is 2. The van der Waals surface area contributed by atoms with Gasteiger partial charge in [0.25, 0.3) is 0 Å². The molecule has 0 amide bonds. The van der Waals surface area contributed by atoms with E-state index in [1.165, 1.54) is 31.3 Å². The topological polar surface area (TPSA) is 33.7 Å². The van der Waals surface area contributed by atoms with Crippen LogP contribution in [0.4, 0.5) is 0 Å². The van der Waals surface area contributed by atoms with Crippen LogP contribution in [-0.2, 0) is 9.26 Å². The molecule has 0 aromatic heterocycles. The minimum Gasteiger partial charge on any atom is -0.417 e. The van der Waals surface area contributed by atoms with Crippen molar-refractivity contribution in [3.63, 3.8) is 0 Å². The molecule has 2 heterocycles. The first-order valence-corrected chi connectivity index (χ1v) is 15.3. The van der Waals surface area contributed by atoms with Crippen molar-refractivity contribution in [1.29, 1.82) is 0 Å². The van der Waals surface area contributed by atoms with E-state index in [1.54, 1.807) is 0 Å². The van der Waals surface area contributed by atoms with Gasteiger partial charge in [0.05, 0.1) is 0 Å². The number of hydrogen-bond acceptors (Lipinski definition) is 4. The summed E-state index contributed by atoms with van der Waals surface area (Å²) in [6.07, 6.45) is 12.4. The van der Waals surface area contributed by atoms with Crippen molar-refractivity contribution < 1.29 is 9.26 Å². The minimum absolute atomic E-state index is 0.270. The molecule has 0 aromatic carbocycles. The van der Waals surface area contributed by atoms with Gasteiger partial charge in [-0.1, -0.05) is 33.3 Å². The monoisotopic (exact) mass is 450 g/mol. The summed E-state index contributed by atoms with van der Waals surface area (Å²) in [6, 6.07) is 0. The van der Waals surface area contributed by atoms with E-state index in [0.29, 0.717) is 0 Å². The zero-order chi connectivity index (χ0) is 23.2. The molecule has 0 bridgehead atoms. The van der Waals surface area contributed by atoms with Gasteiger partial charge in [-0.3, -0.25) is 0 Å². The lowest BCUT2D eigenvalue weighted by Crippen LogP contribution is -2.44. The Morgan fingerprint density at radius 1 is 1.23 bits per heavy atom. The maximum Gasteiger partial charge on any atom is 0.191 e. The van der Waals surface area contributed by atoms with E-state index in [1.807, 2.05) is 6.26 Å². The Labute approximate surface area is 193 Å². The van der Waals surface area contributed by atoms with Crippen molar-refractivity contribution in [3.8, 4) is 0 Å². The van der Waals surface area contributed by atoms with Gasteiger partial charge in [0.2, 0.25) is 0 Å². The van der Waals surface area contributed by atoms with Crippen molar-refractivity contribution in [2.45, 2.75) is 97.7 Å². The predicted molar refractivity (Wildman–Crippen MR) is 135 cm³/mol. The first-order valence-electron chi connectivity index (χ1n) is 12.4. The van der Waals surface area contributed by atoms with Crippen LogP contribution in [0.1, 0.15) is 79.6 Å². The Morgan fingerprint density at radius 3 is 2.58 bits per heavy atom. The third-order valence-electron chi connectivity index (χ3n) is 7.79. The zero-order valence-electron chi connectivity index (χ0n) is 21.6. The summed E-state index contributed by atoms with van der Waals surface area (Å²) in [5.74, 6) is 0. The average molecular weight is 451 g/mol. The molecule has 0 radical (unpaired) electrons. The third-order valence-corrected chi connectivity index (χ3v) is 12.3. The molecule has 1 N–H and O–H groups in total. The smallest absolute Gasteiger partial charge is 0.191 e. The van der Waals surface area contributed by atoms with Gasteiger partial charge in [0.1, 0.15) is 6.26 Å². The van der Waals surface area contributed by atoms with Crippen molar-refractivity contribution in [2.75, 3.05) is 32.8 Å². The highest BCUT2D eigenvalue weighted by atomic mass is 28.4. The fourth-order valence-electron chi connectivity index (χ4n) is 4.92. The highest BCUT2D eigenvalue weighted by molar-refractivity contribution is 6.74. The van der Waals surface area contributed by atoms with E-state index in [9.17, 15) is 0 Å². The summed E-state index contributed by atoms with van der Waals surface area (Å²) in [7, 11) is -1.68. The number of hydrogen-bond donors (Lipinski definition) is 1. The number of nitrogens with one attached hydrogen (secondary N) is 1. The summed E-state index contributed by atoms with van der Waals surface area (Å²) < 4.78 is 6.52. The van der Waals surface area contributed by atoms with Crippen LogP contribution in [0.25, 0.3) is 0 Å². The van der Waals surface area contributed by atoms with E-state index in [0.717, 1.165) is 52.0 Å². The third kappa shape index (κ3) is 8.34. The predicted octanol–water partition coefficient (Wildman–Crippen LogP) is 6.67. The Balaban J connectivity index is 1.87. The molecule has 0 spiro atoms. The first-order chi connectivity index (χ1) is 14.4. The second-order valence-electron chi connectivity index (χ2n) is 12.2. The molecule has 0 aliphatic carbocycles. The van der Waals surface area contributed by atoms with Crippen LogP contribution >= 0.6 is 0 Å². The SMILES string of the molecule is C=C(C)C[C@]1(C)CCCN(O/C=C/C[C@]2(CCO[Si](C)(C)C(C)(C)C)CCCNC2)C1. The molecule has 2 fully saturated rings. The van der Waals surface area contributed by atoms with Crippen molar-refractivity contribution in [2.24, 2.45) is 10.8 Å². The largest absolute Gasteiger partial charge is 0.417 e. The minimum atomic E-state index is -1.68. The second-order valence-corrected chi connectivity index (χ2v) is 17.0. The molecular weight excluding hydrogens is 400 g/mol. The van der Waals surface area contributed by atoms with Gasteiger partial charge in [-0.15, -0.1) is 11.6 Å². The number of nitrogens with zero attached hydrogens (tertiary/aromatic N) is 1. The van der Waals surface area contributed by atoms with Crippen LogP contribution in [0.2, 0.25) is 18.1 Å². The molecule has 2 aliphatic rings. The number of rotatable bonds is 10. The van der Waals surface area contributed by atoms with Gasteiger partial charge in [-0.25, -0.2) is 0 Å². The van der Waals surface area contributed by atoms with Gasteiger partial charge in [-0.2, -0.15) is 0 Å². The quantitative estimate of drug-likeness (QED) is 0.229. The second kappa shape index (κ2) is 11.0. The van der Waals surface area contributed by atoms with Gasteiger partial charge >= 0.3 is 0 Å². The molecule has 5 heteroatoms. The standard InChI is InChI=1S/C26H50N2O2Si/c1-23(2)20-25(6)12-10-17-28(22-25)29-18-11-14-26(13-9-16-27-21-26)15-19-30-31(7,8)24(3,4)5/h11,18,27H,1,9-10,12-17,19-22H2,2-8H3/b18-11+/t25-,26-/m0/s1. The first kappa shape index (κ1) is 26.6. The van der Waals surface area contributed by atoms with Gasteiger partial charge in [0.15, 0.2) is 8.32 Å². The summed E-state index contributed by atoms with van der Waals surface area (Å²) in [6.45, 7) is 25.4. The summed E-state index contributed by atoms with van der Waals surface area (Å²) in [4.78, 5) is 6.08. The molecule has 31 heavy (non-hydrogen) atoms. The van der Waals surface area contributed by atoms with Crippen LogP contribution in [0.3, 0.4) is 0 Å². The van der Waals surface area contributed by atoms with E-state index in [4.69, 9.17) is 9.26 Å². The van der Waals surface area contributed by atoms with E-state index in [-0.39, 0.29) is 15.9 Å². The molecule has 4 nitrogen and oxygen atoms in total. The molecule has 0 aromatic rings.